The number of hydrogen-bond donors (Lipinski definition) is 1. The Bertz CT molecular complexity index is 382. The lowest BCUT2D eigenvalue weighted by Crippen LogP contribution is -2.24. The van der Waals surface area contributed by atoms with Gasteiger partial charge in [-0.2, -0.15) is 0 Å². The van der Waals surface area contributed by atoms with Gasteiger partial charge in [0.1, 0.15) is 11.6 Å². The number of rotatable bonds is 4. The van der Waals surface area contributed by atoms with Crippen LogP contribution in [0.15, 0.2) is 18.2 Å². The van der Waals surface area contributed by atoms with Gasteiger partial charge in [0.05, 0.1) is 0 Å². The molecule has 0 aromatic heterocycles. The third-order valence-corrected chi connectivity index (χ3v) is 3.26. The highest BCUT2D eigenvalue weighted by Gasteiger charge is 2.22. The van der Waals surface area contributed by atoms with Gasteiger partial charge in [-0.3, -0.25) is 4.90 Å². The Labute approximate surface area is 101 Å². The van der Waals surface area contributed by atoms with Crippen molar-refractivity contribution < 1.29 is 8.78 Å². The molecule has 1 N–H and O–H groups in total. The standard InChI is InChI=1S/C13H18F2N2/c1-16-7-10-4-5-17(8-10)9-11-6-12(14)2-3-13(11)15/h2-3,6,10,16H,4-5,7-9H2,1H3. The molecular formula is C13H18F2N2. The van der Waals surface area contributed by atoms with Crippen molar-refractivity contribution in [1.29, 1.82) is 0 Å². The Hall–Kier alpha value is -1.00. The fourth-order valence-corrected chi connectivity index (χ4v) is 2.42. The zero-order valence-corrected chi connectivity index (χ0v) is 10.0. The number of likely N-dealkylation sites (tertiary alicyclic amines) is 1. The lowest BCUT2D eigenvalue weighted by atomic mass is 10.1. The molecule has 2 rings (SSSR count). The number of benzene rings is 1. The number of nitrogens with zero attached hydrogens (tertiary/aromatic N) is 1. The maximum absolute atomic E-state index is 13.5. The minimum atomic E-state index is -0.368. The quantitative estimate of drug-likeness (QED) is 0.866. The Morgan fingerprint density at radius 1 is 1.41 bits per heavy atom. The molecule has 17 heavy (non-hydrogen) atoms. The molecule has 1 fully saturated rings. The SMILES string of the molecule is CNCC1CCN(Cc2cc(F)ccc2F)C1. The topological polar surface area (TPSA) is 15.3 Å². The van der Waals surface area contributed by atoms with E-state index in [1.807, 2.05) is 7.05 Å². The molecule has 1 atom stereocenters. The first kappa shape index (κ1) is 12.5. The van der Waals surface area contributed by atoms with Crippen molar-refractivity contribution in [2.75, 3.05) is 26.7 Å². The third kappa shape index (κ3) is 3.23. The molecule has 1 saturated heterocycles. The van der Waals surface area contributed by atoms with Gasteiger partial charge in [0.2, 0.25) is 0 Å². The summed E-state index contributed by atoms with van der Waals surface area (Å²) in [5, 5.41) is 3.15. The third-order valence-electron chi connectivity index (χ3n) is 3.26. The lowest BCUT2D eigenvalue weighted by Gasteiger charge is -2.16. The van der Waals surface area contributed by atoms with Crippen LogP contribution in [0.4, 0.5) is 8.78 Å². The zero-order valence-electron chi connectivity index (χ0n) is 10.0. The molecule has 0 bridgehead atoms. The minimum absolute atomic E-state index is 0.316. The fourth-order valence-electron chi connectivity index (χ4n) is 2.42. The van der Waals surface area contributed by atoms with E-state index in [4.69, 9.17) is 0 Å². The minimum Gasteiger partial charge on any atom is -0.319 e. The first-order valence-electron chi connectivity index (χ1n) is 6.00. The highest BCUT2D eigenvalue weighted by Crippen LogP contribution is 2.19. The Balaban J connectivity index is 1.95. The van der Waals surface area contributed by atoms with Gasteiger partial charge in [0.15, 0.2) is 0 Å². The Kier molecular flexibility index (Phi) is 4.07. The zero-order chi connectivity index (χ0) is 12.3. The van der Waals surface area contributed by atoms with Crippen molar-refractivity contribution in [3.8, 4) is 0 Å². The van der Waals surface area contributed by atoms with Crippen molar-refractivity contribution in [1.82, 2.24) is 10.2 Å². The monoisotopic (exact) mass is 240 g/mol. The second-order valence-corrected chi connectivity index (χ2v) is 4.68. The smallest absolute Gasteiger partial charge is 0.127 e. The molecule has 1 unspecified atom stereocenters. The van der Waals surface area contributed by atoms with E-state index in [-0.39, 0.29) is 11.6 Å². The normalized spacial score (nSPS) is 21.0. The van der Waals surface area contributed by atoms with E-state index in [0.717, 1.165) is 32.1 Å². The summed E-state index contributed by atoms with van der Waals surface area (Å²) >= 11 is 0. The van der Waals surface area contributed by atoms with Crippen LogP contribution in [-0.2, 0) is 6.54 Å². The van der Waals surface area contributed by atoms with E-state index in [2.05, 4.69) is 10.2 Å². The van der Waals surface area contributed by atoms with E-state index in [1.165, 1.54) is 12.1 Å². The average Bonchev–Trinajstić information content (AvgIpc) is 2.72. The van der Waals surface area contributed by atoms with Gasteiger partial charge in [-0.15, -0.1) is 0 Å². The molecule has 1 aliphatic rings. The van der Waals surface area contributed by atoms with Crippen molar-refractivity contribution in [3.63, 3.8) is 0 Å². The highest BCUT2D eigenvalue weighted by molar-refractivity contribution is 5.18. The van der Waals surface area contributed by atoms with Crippen molar-refractivity contribution in [3.05, 3.63) is 35.4 Å². The van der Waals surface area contributed by atoms with Crippen molar-refractivity contribution in [2.45, 2.75) is 13.0 Å². The maximum atomic E-state index is 13.5. The summed E-state index contributed by atoms with van der Waals surface area (Å²) in [4.78, 5) is 2.18. The van der Waals surface area contributed by atoms with Gasteiger partial charge in [-0.1, -0.05) is 0 Å². The molecule has 0 radical (unpaired) electrons. The van der Waals surface area contributed by atoms with Crippen LogP contribution >= 0.6 is 0 Å². The molecular weight excluding hydrogens is 222 g/mol. The Morgan fingerprint density at radius 3 is 3.00 bits per heavy atom. The lowest BCUT2D eigenvalue weighted by molar-refractivity contribution is 0.309. The molecule has 0 aliphatic carbocycles. The number of hydrogen-bond acceptors (Lipinski definition) is 2. The van der Waals surface area contributed by atoms with Crippen molar-refractivity contribution in [2.24, 2.45) is 5.92 Å². The van der Waals surface area contributed by atoms with Crippen LogP contribution in [0.5, 0.6) is 0 Å². The van der Waals surface area contributed by atoms with E-state index in [0.29, 0.717) is 18.0 Å². The second kappa shape index (κ2) is 5.56. The first-order chi connectivity index (χ1) is 8.19. The van der Waals surface area contributed by atoms with Crippen LogP contribution in [0, 0.1) is 17.6 Å². The molecule has 1 aromatic rings. The predicted molar refractivity (Wildman–Crippen MR) is 63.7 cm³/mol. The maximum Gasteiger partial charge on any atom is 0.127 e. The van der Waals surface area contributed by atoms with E-state index in [9.17, 15) is 8.78 Å². The van der Waals surface area contributed by atoms with Crippen LogP contribution in [0.2, 0.25) is 0 Å². The first-order valence-corrected chi connectivity index (χ1v) is 6.00. The molecule has 2 nitrogen and oxygen atoms in total. The van der Waals surface area contributed by atoms with Gasteiger partial charge >= 0.3 is 0 Å². The van der Waals surface area contributed by atoms with Crippen LogP contribution in [0.1, 0.15) is 12.0 Å². The molecule has 0 spiro atoms. The van der Waals surface area contributed by atoms with E-state index in [1.54, 1.807) is 0 Å². The molecule has 1 aromatic carbocycles. The summed E-state index contributed by atoms with van der Waals surface area (Å²) in [7, 11) is 1.94. The summed E-state index contributed by atoms with van der Waals surface area (Å²) in [6, 6.07) is 3.65. The summed E-state index contributed by atoms with van der Waals surface area (Å²) < 4.78 is 26.5. The largest absolute Gasteiger partial charge is 0.319 e. The van der Waals surface area contributed by atoms with Gasteiger partial charge < -0.3 is 5.32 Å². The Morgan fingerprint density at radius 2 is 2.24 bits per heavy atom. The second-order valence-electron chi connectivity index (χ2n) is 4.68. The summed E-state index contributed by atoms with van der Waals surface area (Å²) in [6.45, 7) is 3.41. The number of nitrogens with one attached hydrogen (secondary N) is 1. The summed E-state index contributed by atoms with van der Waals surface area (Å²) in [5.41, 5.74) is 0.454. The molecule has 4 heteroatoms. The van der Waals surface area contributed by atoms with Gasteiger partial charge in [-0.25, -0.2) is 8.78 Å². The summed E-state index contributed by atoms with van der Waals surface area (Å²) in [5.74, 6) is -0.0625. The molecule has 1 heterocycles. The number of halogens is 2. The van der Waals surface area contributed by atoms with Crippen LogP contribution < -0.4 is 5.32 Å². The summed E-state index contributed by atoms with van der Waals surface area (Å²) in [6.07, 6.45) is 1.12. The van der Waals surface area contributed by atoms with Gasteiger partial charge in [0, 0.05) is 18.7 Å². The van der Waals surface area contributed by atoms with E-state index < -0.39 is 0 Å². The van der Waals surface area contributed by atoms with Crippen LogP contribution in [-0.4, -0.2) is 31.6 Å². The fraction of sp³-hybridized carbons (Fsp3) is 0.538. The molecule has 0 amide bonds. The van der Waals surface area contributed by atoms with Crippen LogP contribution in [0.3, 0.4) is 0 Å². The van der Waals surface area contributed by atoms with Crippen LogP contribution in [0.25, 0.3) is 0 Å². The molecule has 94 valence electrons. The molecule has 1 aliphatic heterocycles. The van der Waals surface area contributed by atoms with Crippen molar-refractivity contribution >= 4 is 0 Å². The van der Waals surface area contributed by atoms with E-state index >= 15 is 0 Å². The highest BCUT2D eigenvalue weighted by atomic mass is 19.1. The predicted octanol–water partition coefficient (Wildman–Crippen LogP) is 2.01. The molecule has 0 saturated carbocycles. The van der Waals surface area contributed by atoms with Gasteiger partial charge in [-0.05, 0) is 50.7 Å². The van der Waals surface area contributed by atoms with Gasteiger partial charge in [0.25, 0.3) is 0 Å². The average molecular weight is 240 g/mol.